The van der Waals surface area contributed by atoms with Crippen LogP contribution in [0.5, 0.6) is 0 Å². The van der Waals surface area contributed by atoms with Crippen molar-refractivity contribution < 1.29 is 13.2 Å². The summed E-state index contributed by atoms with van der Waals surface area (Å²) in [6, 6.07) is 17.9. The topological polar surface area (TPSA) is 66.5 Å². The molecule has 0 radical (unpaired) electrons. The van der Waals surface area contributed by atoms with E-state index in [2.05, 4.69) is 17.4 Å². The van der Waals surface area contributed by atoms with Crippen molar-refractivity contribution in [2.45, 2.75) is 43.0 Å². The third kappa shape index (κ3) is 4.96. The molecule has 0 bridgehead atoms. The van der Waals surface area contributed by atoms with Crippen LogP contribution in [0.2, 0.25) is 0 Å². The molecule has 1 aliphatic rings. The Bertz CT molecular complexity index is 838. The second-order valence-electron chi connectivity index (χ2n) is 6.82. The zero-order chi connectivity index (χ0) is 19.1. The lowest BCUT2D eigenvalue weighted by Crippen LogP contribution is -2.51. The van der Waals surface area contributed by atoms with Crippen molar-refractivity contribution in [3.63, 3.8) is 0 Å². The molecular formula is C21H26N2O3S. The third-order valence-electron chi connectivity index (χ3n) is 4.89. The van der Waals surface area contributed by atoms with Crippen LogP contribution in [0.3, 0.4) is 0 Å². The van der Waals surface area contributed by atoms with Crippen LogP contribution in [0, 0.1) is 0 Å². The quantitative estimate of drug-likeness (QED) is 0.744. The average molecular weight is 387 g/mol. The van der Waals surface area contributed by atoms with Crippen LogP contribution >= 0.6 is 0 Å². The van der Waals surface area contributed by atoms with Gasteiger partial charge in [0.1, 0.15) is 6.04 Å². The van der Waals surface area contributed by atoms with Gasteiger partial charge < -0.3 is 5.32 Å². The fourth-order valence-corrected chi connectivity index (χ4v) is 5.13. The van der Waals surface area contributed by atoms with Gasteiger partial charge in [-0.25, -0.2) is 8.42 Å². The molecule has 27 heavy (non-hydrogen) atoms. The molecule has 1 fully saturated rings. The minimum Gasteiger partial charge on any atom is -0.355 e. The summed E-state index contributed by atoms with van der Waals surface area (Å²) >= 11 is 0. The lowest BCUT2D eigenvalue weighted by atomic mass is 10.0. The van der Waals surface area contributed by atoms with E-state index >= 15 is 0 Å². The van der Waals surface area contributed by atoms with Crippen molar-refractivity contribution in [3.8, 4) is 0 Å². The number of piperidine rings is 1. The van der Waals surface area contributed by atoms with Crippen molar-refractivity contribution in [1.82, 2.24) is 9.62 Å². The molecule has 1 amide bonds. The zero-order valence-electron chi connectivity index (χ0n) is 15.4. The van der Waals surface area contributed by atoms with Crippen molar-refractivity contribution in [2.75, 3.05) is 13.1 Å². The Morgan fingerprint density at radius 1 is 1.00 bits per heavy atom. The van der Waals surface area contributed by atoms with Gasteiger partial charge >= 0.3 is 0 Å². The Morgan fingerprint density at radius 3 is 2.37 bits per heavy atom. The van der Waals surface area contributed by atoms with Gasteiger partial charge in [-0.1, -0.05) is 55.0 Å². The minimum atomic E-state index is -3.66. The van der Waals surface area contributed by atoms with Crippen LogP contribution in [0.15, 0.2) is 65.6 Å². The van der Waals surface area contributed by atoms with Crippen molar-refractivity contribution in [3.05, 3.63) is 66.2 Å². The molecule has 5 nitrogen and oxygen atoms in total. The number of benzene rings is 2. The molecule has 1 atom stereocenters. The van der Waals surface area contributed by atoms with E-state index in [0.29, 0.717) is 19.5 Å². The van der Waals surface area contributed by atoms with E-state index in [1.54, 1.807) is 30.3 Å². The maximum atomic E-state index is 13.0. The maximum absolute atomic E-state index is 13.0. The van der Waals surface area contributed by atoms with Gasteiger partial charge in [0.2, 0.25) is 15.9 Å². The summed E-state index contributed by atoms with van der Waals surface area (Å²) in [5.74, 6) is -0.192. The molecule has 1 heterocycles. The van der Waals surface area contributed by atoms with E-state index in [4.69, 9.17) is 0 Å². The summed E-state index contributed by atoms with van der Waals surface area (Å²) in [5.41, 5.74) is 1.23. The van der Waals surface area contributed by atoms with Gasteiger partial charge in [0.25, 0.3) is 0 Å². The first-order valence-corrected chi connectivity index (χ1v) is 10.9. The Kier molecular flexibility index (Phi) is 6.63. The SMILES string of the molecule is O=C(NCCCc1ccccc1)[C@@H]1CCCCN1S(=O)(=O)c1ccccc1. The predicted molar refractivity (Wildman–Crippen MR) is 106 cm³/mol. The van der Waals surface area contributed by atoms with Crippen molar-refractivity contribution in [2.24, 2.45) is 0 Å². The lowest BCUT2D eigenvalue weighted by molar-refractivity contribution is -0.125. The highest BCUT2D eigenvalue weighted by molar-refractivity contribution is 7.89. The molecule has 1 N–H and O–H groups in total. The Morgan fingerprint density at radius 2 is 1.67 bits per heavy atom. The van der Waals surface area contributed by atoms with E-state index in [1.165, 1.54) is 9.87 Å². The molecule has 1 aliphatic heterocycles. The summed E-state index contributed by atoms with van der Waals surface area (Å²) < 4.78 is 27.3. The molecule has 144 valence electrons. The normalized spacial score (nSPS) is 18.1. The van der Waals surface area contributed by atoms with Crippen LogP contribution in [-0.4, -0.2) is 37.8 Å². The number of nitrogens with zero attached hydrogens (tertiary/aromatic N) is 1. The number of sulfonamides is 1. The minimum absolute atomic E-state index is 0.192. The Balaban J connectivity index is 1.60. The fraction of sp³-hybridized carbons (Fsp3) is 0.381. The van der Waals surface area contributed by atoms with Crippen LogP contribution in [-0.2, 0) is 21.2 Å². The second-order valence-corrected chi connectivity index (χ2v) is 8.71. The first kappa shape index (κ1) is 19.6. The number of hydrogen-bond donors (Lipinski definition) is 1. The number of carbonyl (C=O) groups excluding carboxylic acids is 1. The highest BCUT2D eigenvalue weighted by Crippen LogP contribution is 2.25. The van der Waals surface area contributed by atoms with Crippen LogP contribution < -0.4 is 5.32 Å². The highest BCUT2D eigenvalue weighted by Gasteiger charge is 2.37. The van der Waals surface area contributed by atoms with E-state index < -0.39 is 16.1 Å². The van der Waals surface area contributed by atoms with Crippen LogP contribution in [0.1, 0.15) is 31.2 Å². The van der Waals surface area contributed by atoms with Gasteiger partial charge in [0, 0.05) is 13.1 Å². The lowest BCUT2D eigenvalue weighted by Gasteiger charge is -2.33. The first-order valence-electron chi connectivity index (χ1n) is 9.47. The molecule has 2 aromatic rings. The summed E-state index contributed by atoms with van der Waals surface area (Å²) in [5, 5.41) is 2.93. The fourth-order valence-electron chi connectivity index (χ4n) is 3.45. The van der Waals surface area contributed by atoms with Crippen LogP contribution in [0.4, 0.5) is 0 Å². The van der Waals surface area contributed by atoms with E-state index in [1.807, 2.05) is 18.2 Å². The number of carbonyl (C=O) groups is 1. The summed E-state index contributed by atoms with van der Waals surface area (Å²) in [6.07, 6.45) is 3.93. The van der Waals surface area contributed by atoms with Gasteiger partial charge in [-0.2, -0.15) is 4.31 Å². The van der Waals surface area contributed by atoms with Crippen LogP contribution in [0.25, 0.3) is 0 Å². The van der Waals surface area contributed by atoms with Gasteiger partial charge in [-0.05, 0) is 43.4 Å². The maximum Gasteiger partial charge on any atom is 0.243 e. The summed E-state index contributed by atoms with van der Waals surface area (Å²) in [4.78, 5) is 12.9. The number of hydrogen-bond acceptors (Lipinski definition) is 3. The smallest absolute Gasteiger partial charge is 0.243 e. The average Bonchev–Trinajstić information content (AvgIpc) is 2.72. The Labute approximate surface area is 161 Å². The van der Waals surface area contributed by atoms with E-state index in [-0.39, 0.29) is 10.8 Å². The zero-order valence-corrected chi connectivity index (χ0v) is 16.2. The monoisotopic (exact) mass is 386 g/mol. The summed E-state index contributed by atoms with van der Waals surface area (Å²) in [6.45, 7) is 0.933. The van der Waals surface area contributed by atoms with Gasteiger partial charge in [0.15, 0.2) is 0 Å². The van der Waals surface area contributed by atoms with Crippen molar-refractivity contribution in [1.29, 1.82) is 0 Å². The third-order valence-corrected chi connectivity index (χ3v) is 6.81. The molecule has 0 aliphatic carbocycles. The largest absolute Gasteiger partial charge is 0.355 e. The Hall–Kier alpha value is -2.18. The first-order chi connectivity index (χ1) is 13.1. The predicted octanol–water partition coefficient (Wildman–Crippen LogP) is 2.98. The molecule has 0 aromatic heterocycles. The molecule has 0 unspecified atom stereocenters. The number of aryl methyl sites for hydroxylation is 1. The highest BCUT2D eigenvalue weighted by atomic mass is 32.2. The molecule has 0 spiro atoms. The molecule has 1 saturated heterocycles. The molecule has 3 rings (SSSR count). The van der Waals surface area contributed by atoms with Crippen molar-refractivity contribution >= 4 is 15.9 Å². The number of nitrogens with one attached hydrogen (secondary N) is 1. The van der Waals surface area contributed by atoms with Gasteiger partial charge in [-0.15, -0.1) is 0 Å². The number of amides is 1. The van der Waals surface area contributed by atoms with E-state index in [9.17, 15) is 13.2 Å². The molecule has 6 heteroatoms. The van der Waals surface area contributed by atoms with Gasteiger partial charge in [0.05, 0.1) is 4.90 Å². The molecular weight excluding hydrogens is 360 g/mol. The molecule has 2 aromatic carbocycles. The second kappa shape index (κ2) is 9.15. The van der Waals surface area contributed by atoms with Gasteiger partial charge in [-0.3, -0.25) is 4.79 Å². The number of rotatable bonds is 7. The summed E-state index contributed by atoms with van der Waals surface area (Å²) in [7, 11) is -3.66. The molecule has 0 saturated carbocycles. The standard InChI is InChI=1S/C21H26N2O3S/c24-21(22-16-9-12-18-10-3-1-4-11-18)20-15-7-8-17-23(20)27(25,26)19-13-5-2-6-14-19/h1-6,10-11,13-14,20H,7-9,12,15-17H2,(H,22,24)/t20-/m0/s1. The van der Waals surface area contributed by atoms with E-state index in [0.717, 1.165) is 25.7 Å².